The minimum Gasteiger partial charge on any atom is -0.465 e. The SMILES string of the molecule is CCc1cc(C(=O)OC)c(NC(=S)Nc2ccc3c(c2)CCC3)s1. The number of fused-ring (bicyclic) bond motifs is 1. The van der Waals surface area contributed by atoms with Crippen molar-refractivity contribution in [2.45, 2.75) is 32.6 Å². The molecule has 2 aromatic rings. The number of nitrogens with one attached hydrogen (secondary N) is 2. The van der Waals surface area contributed by atoms with E-state index < -0.39 is 0 Å². The highest BCUT2D eigenvalue weighted by Crippen LogP contribution is 2.30. The molecule has 126 valence electrons. The number of carbonyl (C=O) groups is 1. The van der Waals surface area contributed by atoms with Gasteiger partial charge in [0.2, 0.25) is 0 Å². The third-order valence-electron chi connectivity index (χ3n) is 4.12. The van der Waals surface area contributed by atoms with E-state index in [1.165, 1.54) is 36.0 Å². The topological polar surface area (TPSA) is 50.4 Å². The van der Waals surface area contributed by atoms with E-state index in [0.29, 0.717) is 10.7 Å². The number of thiophene rings is 1. The van der Waals surface area contributed by atoms with E-state index in [1.54, 1.807) is 0 Å². The highest BCUT2D eigenvalue weighted by molar-refractivity contribution is 7.80. The molecule has 0 saturated carbocycles. The van der Waals surface area contributed by atoms with Crippen LogP contribution in [0.1, 0.15) is 39.7 Å². The fraction of sp³-hybridized carbons (Fsp3) is 0.333. The molecule has 0 fully saturated rings. The minimum atomic E-state index is -0.353. The Bertz CT molecular complexity index is 783. The Balaban J connectivity index is 1.73. The van der Waals surface area contributed by atoms with Crippen molar-refractivity contribution in [3.63, 3.8) is 0 Å². The molecule has 0 atom stereocenters. The number of esters is 1. The van der Waals surface area contributed by atoms with Crippen molar-refractivity contribution in [2.24, 2.45) is 0 Å². The number of thiocarbonyl (C=S) groups is 1. The molecule has 0 amide bonds. The molecule has 2 N–H and O–H groups in total. The first-order chi connectivity index (χ1) is 11.6. The van der Waals surface area contributed by atoms with Crippen LogP contribution < -0.4 is 10.6 Å². The maximum Gasteiger partial charge on any atom is 0.340 e. The van der Waals surface area contributed by atoms with Crippen molar-refractivity contribution < 1.29 is 9.53 Å². The maximum atomic E-state index is 11.9. The zero-order valence-electron chi connectivity index (χ0n) is 13.8. The molecule has 24 heavy (non-hydrogen) atoms. The van der Waals surface area contributed by atoms with Gasteiger partial charge in [0.1, 0.15) is 5.00 Å². The maximum absolute atomic E-state index is 11.9. The van der Waals surface area contributed by atoms with Crippen molar-refractivity contribution >= 4 is 45.3 Å². The molecule has 6 heteroatoms. The number of rotatable bonds is 4. The summed E-state index contributed by atoms with van der Waals surface area (Å²) >= 11 is 6.93. The molecule has 1 aliphatic rings. The quantitative estimate of drug-likeness (QED) is 0.625. The van der Waals surface area contributed by atoms with E-state index in [-0.39, 0.29) is 5.97 Å². The zero-order chi connectivity index (χ0) is 17.1. The van der Waals surface area contributed by atoms with Gasteiger partial charge in [0.15, 0.2) is 5.11 Å². The summed E-state index contributed by atoms with van der Waals surface area (Å²) in [6.07, 6.45) is 4.37. The number of benzene rings is 1. The molecule has 4 nitrogen and oxygen atoms in total. The molecule has 1 aromatic heterocycles. The Hall–Kier alpha value is -1.92. The standard InChI is InChI=1S/C18H20N2O2S2/c1-3-14-10-15(17(21)22-2)16(24-14)20-18(23)19-13-8-7-11-5-4-6-12(11)9-13/h7-10H,3-6H2,1-2H3,(H2,19,20,23). The normalized spacial score (nSPS) is 12.6. The van der Waals surface area contributed by atoms with Crippen LogP contribution in [0.4, 0.5) is 10.7 Å². The van der Waals surface area contributed by atoms with Crippen LogP contribution in [0.5, 0.6) is 0 Å². The molecule has 0 aliphatic heterocycles. The van der Waals surface area contributed by atoms with Crippen LogP contribution in [-0.4, -0.2) is 18.2 Å². The third kappa shape index (κ3) is 3.60. The van der Waals surface area contributed by atoms with Crippen LogP contribution in [0.25, 0.3) is 0 Å². The van der Waals surface area contributed by atoms with Gasteiger partial charge < -0.3 is 15.4 Å². The minimum absolute atomic E-state index is 0.353. The summed E-state index contributed by atoms with van der Waals surface area (Å²) in [7, 11) is 1.39. The van der Waals surface area contributed by atoms with Crippen molar-refractivity contribution in [1.29, 1.82) is 0 Å². The van der Waals surface area contributed by atoms with Gasteiger partial charge >= 0.3 is 5.97 Å². The number of carbonyl (C=O) groups excluding carboxylic acids is 1. The first kappa shape index (κ1) is 16.9. The molecule has 3 rings (SSSR count). The molecule has 0 bridgehead atoms. The van der Waals surface area contributed by atoms with Gasteiger partial charge in [-0.15, -0.1) is 11.3 Å². The zero-order valence-corrected chi connectivity index (χ0v) is 15.4. The van der Waals surface area contributed by atoms with Crippen LogP contribution >= 0.6 is 23.6 Å². The molecule has 0 saturated heterocycles. The highest BCUT2D eigenvalue weighted by atomic mass is 32.1. The third-order valence-corrected chi connectivity index (χ3v) is 5.52. The molecule has 0 unspecified atom stereocenters. The van der Waals surface area contributed by atoms with Crippen LogP contribution in [0, 0.1) is 0 Å². The first-order valence-electron chi connectivity index (χ1n) is 8.01. The van der Waals surface area contributed by atoms with Crippen LogP contribution in [0.2, 0.25) is 0 Å². The summed E-state index contributed by atoms with van der Waals surface area (Å²) < 4.78 is 4.85. The predicted molar refractivity (Wildman–Crippen MR) is 103 cm³/mol. The lowest BCUT2D eigenvalue weighted by molar-refractivity contribution is 0.0602. The summed E-state index contributed by atoms with van der Waals surface area (Å²) in [4.78, 5) is 13.0. The second-order valence-electron chi connectivity index (χ2n) is 5.72. The largest absolute Gasteiger partial charge is 0.465 e. The summed E-state index contributed by atoms with van der Waals surface area (Å²) in [5.41, 5.74) is 4.32. The second-order valence-corrected chi connectivity index (χ2v) is 7.26. The molecule has 1 heterocycles. The molecule has 1 aliphatic carbocycles. The van der Waals surface area contributed by atoms with E-state index in [2.05, 4.69) is 29.7 Å². The van der Waals surface area contributed by atoms with Gasteiger partial charge in [-0.25, -0.2) is 4.79 Å². The molecular formula is C18H20N2O2S2. The second kappa shape index (κ2) is 7.32. The van der Waals surface area contributed by atoms with Crippen molar-refractivity contribution in [3.8, 4) is 0 Å². The summed E-state index contributed by atoms with van der Waals surface area (Å²) in [6, 6.07) is 8.22. The lowest BCUT2D eigenvalue weighted by Gasteiger charge is -2.11. The Labute approximate surface area is 151 Å². The Morgan fingerprint density at radius 2 is 2.04 bits per heavy atom. The lowest BCUT2D eigenvalue weighted by atomic mass is 10.1. The van der Waals surface area contributed by atoms with Gasteiger partial charge in [-0.2, -0.15) is 0 Å². The van der Waals surface area contributed by atoms with Crippen LogP contribution in [0.3, 0.4) is 0 Å². The predicted octanol–water partition coefficient (Wildman–Crippen LogP) is 4.39. The lowest BCUT2D eigenvalue weighted by Crippen LogP contribution is -2.20. The Morgan fingerprint density at radius 1 is 1.25 bits per heavy atom. The van der Waals surface area contributed by atoms with Gasteiger partial charge in [0.05, 0.1) is 12.7 Å². The van der Waals surface area contributed by atoms with Gasteiger partial charge in [-0.05, 0) is 67.2 Å². The van der Waals surface area contributed by atoms with Gasteiger partial charge in [-0.3, -0.25) is 0 Å². The number of hydrogen-bond donors (Lipinski definition) is 2. The van der Waals surface area contributed by atoms with Crippen molar-refractivity contribution in [2.75, 3.05) is 17.7 Å². The van der Waals surface area contributed by atoms with Crippen LogP contribution in [-0.2, 0) is 24.0 Å². The first-order valence-corrected chi connectivity index (χ1v) is 9.24. The number of hydrogen-bond acceptors (Lipinski definition) is 4. The van der Waals surface area contributed by atoms with Gasteiger partial charge in [0, 0.05) is 10.6 Å². The van der Waals surface area contributed by atoms with E-state index >= 15 is 0 Å². The van der Waals surface area contributed by atoms with Crippen molar-refractivity contribution in [3.05, 3.63) is 45.8 Å². The van der Waals surface area contributed by atoms with E-state index in [1.807, 2.05) is 12.1 Å². The van der Waals surface area contributed by atoms with Gasteiger partial charge in [0.25, 0.3) is 0 Å². The average molecular weight is 361 g/mol. The number of ether oxygens (including phenoxy) is 1. The molecular weight excluding hydrogens is 340 g/mol. The molecule has 0 radical (unpaired) electrons. The van der Waals surface area contributed by atoms with E-state index in [9.17, 15) is 4.79 Å². The molecule has 0 spiro atoms. The Morgan fingerprint density at radius 3 is 2.79 bits per heavy atom. The molecule has 1 aromatic carbocycles. The van der Waals surface area contributed by atoms with Gasteiger partial charge in [-0.1, -0.05) is 13.0 Å². The highest BCUT2D eigenvalue weighted by Gasteiger charge is 2.17. The van der Waals surface area contributed by atoms with Crippen molar-refractivity contribution in [1.82, 2.24) is 0 Å². The van der Waals surface area contributed by atoms with E-state index in [4.69, 9.17) is 17.0 Å². The Kier molecular flexibility index (Phi) is 5.16. The number of anilines is 2. The average Bonchev–Trinajstić information content (AvgIpc) is 3.20. The summed E-state index contributed by atoms with van der Waals surface area (Å²) in [5.74, 6) is -0.353. The van der Waals surface area contributed by atoms with Crippen LogP contribution in [0.15, 0.2) is 24.3 Å². The smallest absolute Gasteiger partial charge is 0.340 e. The fourth-order valence-electron chi connectivity index (χ4n) is 2.89. The fourth-order valence-corrected chi connectivity index (χ4v) is 4.16. The number of aryl methyl sites for hydroxylation is 3. The van der Waals surface area contributed by atoms with E-state index in [0.717, 1.165) is 34.8 Å². The summed E-state index contributed by atoms with van der Waals surface area (Å²) in [5, 5.41) is 7.54. The monoisotopic (exact) mass is 360 g/mol. The number of methoxy groups -OCH3 is 1. The summed E-state index contributed by atoms with van der Waals surface area (Å²) in [6.45, 7) is 2.05.